The van der Waals surface area contributed by atoms with Gasteiger partial charge < -0.3 is 9.38 Å². The Hall–Kier alpha value is -1.16. The molecule has 2 aromatic rings. The zero-order valence-electron chi connectivity index (χ0n) is 13.3. The fraction of sp³-hybridized carbons (Fsp3) is 0.333. The molecule has 3 rings (SSSR count). The molecule has 22 heavy (non-hydrogen) atoms. The summed E-state index contributed by atoms with van der Waals surface area (Å²) in [6.07, 6.45) is 1.16. The normalized spacial score (nSPS) is 13.7. The maximum atomic E-state index is 6.18. The van der Waals surface area contributed by atoms with Gasteiger partial charge in [-0.25, -0.2) is 0 Å². The number of quaternary nitrogens is 1. The van der Waals surface area contributed by atoms with Crippen LogP contribution in [0.4, 0.5) is 11.4 Å². The minimum atomic E-state index is 0.803. The second-order valence-electron chi connectivity index (χ2n) is 6.70. The zero-order valence-corrected chi connectivity index (χ0v) is 14.9. The third-order valence-corrected chi connectivity index (χ3v) is 5.15. The molecule has 0 N–H and O–H groups in total. The summed E-state index contributed by atoms with van der Waals surface area (Å²) >= 11 is 7.99. The number of fused-ring (bicyclic) bond motifs is 2. The molecule has 116 valence electrons. The SMILES string of the molecule is C[N+](C)(C)CCCN1c2ccccc2Sc2cc(Cl)ccc21. The summed E-state index contributed by atoms with van der Waals surface area (Å²) in [4.78, 5) is 4.99. The summed E-state index contributed by atoms with van der Waals surface area (Å²) in [5.74, 6) is 0. The van der Waals surface area contributed by atoms with Crippen LogP contribution in [0.15, 0.2) is 52.3 Å². The van der Waals surface area contributed by atoms with Crippen molar-refractivity contribution in [2.24, 2.45) is 0 Å². The number of para-hydroxylation sites is 1. The van der Waals surface area contributed by atoms with E-state index < -0.39 is 0 Å². The van der Waals surface area contributed by atoms with Crippen LogP contribution in [0.2, 0.25) is 5.02 Å². The van der Waals surface area contributed by atoms with E-state index in [9.17, 15) is 0 Å². The molecule has 0 aliphatic carbocycles. The van der Waals surface area contributed by atoms with Gasteiger partial charge in [0.05, 0.1) is 39.1 Å². The van der Waals surface area contributed by atoms with Crippen molar-refractivity contribution in [1.29, 1.82) is 0 Å². The monoisotopic (exact) mass is 333 g/mol. The number of hydrogen-bond acceptors (Lipinski definition) is 2. The second kappa shape index (κ2) is 6.15. The van der Waals surface area contributed by atoms with E-state index in [2.05, 4.69) is 62.4 Å². The molecule has 0 aromatic heterocycles. The van der Waals surface area contributed by atoms with Gasteiger partial charge in [-0.2, -0.15) is 0 Å². The Morgan fingerprint density at radius 2 is 1.73 bits per heavy atom. The van der Waals surface area contributed by atoms with E-state index in [0.29, 0.717) is 0 Å². The highest BCUT2D eigenvalue weighted by Crippen LogP contribution is 2.48. The van der Waals surface area contributed by atoms with Crippen LogP contribution in [0, 0.1) is 0 Å². The van der Waals surface area contributed by atoms with Crippen molar-refractivity contribution < 1.29 is 4.48 Å². The van der Waals surface area contributed by atoms with Crippen LogP contribution in [0.5, 0.6) is 0 Å². The molecule has 0 unspecified atom stereocenters. The van der Waals surface area contributed by atoms with E-state index in [1.165, 1.54) is 21.2 Å². The summed E-state index contributed by atoms with van der Waals surface area (Å²) < 4.78 is 0.998. The molecule has 0 bridgehead atoms. The predicted molar refractivity (Wildman–Crippen MR) is 96.5 cm³/mol. The fourth-order valence-electron chi connectivity index (χ4n) is 2.75. The Balaban J connectivity index is 1.91. The lowest BCUT2D eigenvalue weighted by Gasteiger charge is -2.34. The predicted octanol–water partition coefficient (Wildman–Crippen LogP) is 5.04. The van der Waals surface area contributed by atoms with Gasteiger partial charge in [-0.3, -0.25) is 0 Å². The van der Waals surface area contributed by atoms with Gasteiger partial charge in [-0.05, 0) is 30.3 Å². The second-order valence-corrected chi connectivity index (χ2v) is 8.22. The summed E-state index contributed by atoms with van der Waals surface area (Å²) in [6.45, 7) is 2.19. The molecule has 0 fully saturated rings. The molecule has 0 saturated carbocycles. The van der Waals surface area contributed by atoms with Gasteiger partial charge >= 0.3 is 0 Å². The summed E-state index contributed by atoms with van der Waals surface area (Å²) in [6, 6.07) is 14.8. The Morgan fingerprint density at radius 3 is 2.50 bits per heavy atom. The van der Waals surface area contributed by atoms with Crippen molar-refractivity contribution in [1.82, 2.24) is 0 Å². The highest BCUT2D eigenvalue weighted by molar-refractivity contribution is 7.99. The Kier molecular flexibility index (Phi) is 4.40. The fourth-order valence-corrected chi connectivity index (χ4v) is 4.12. The largest absolute Gasteiger partial charge is 0.339 e. The number of halogens is 1. The molecule has 0 amide bonds. The van der Waals surface area contributed by atoms with E-state index >= 15 is 0 Å². The summed E-state index contributed by atoms with van der Waals surface area (Å²) in [5.41, 5.74) is 2.58. The molecule has 0 radical (unpaired) electrons. The Bertz CT molecular complexity index is 679. The van der Waals surface area contributed by atoms with Crippen LogP contribution < -0.4 is 4.90 Å². The molecule has 0 atom stereocenters. The molecule has 1 aliphatic rings. The lowest BCUT2D eigenvalue weighted by Crippen LogP contribution is -2.37. The summed E-state index contributed by atoms with van der Waals surface area (Å²) in [5, 5.41) is 0.803. The van der Waals surface area contributed by atoms with Gasteiger partial charge in [-0.1, -0.05) is 35.5 Å². The number of rotatable bonds is 4. The summed E-state index contributed by atoms with van der Waals surface area (Å²) in [7, 11) is 6.73. The Morgan fingerprint density at radius 1 is 1.00 bits per heavy atom. The van der Waals surface area contributed by atoms with Crippen LogP contribution in [-0.4, -0.2) is 38.7 Å². The van der Waals surface area contributed by atoms with E-state index in [0.717, 1.165) is 29.0 Å². The molecule has 1 aliphatic heterocycles. The minimum absolute atomic E-state index is 0.803. The van der Waals surface area contributed by atoms with Gasteiger partial charge in [-0.15, -0.1) is 0 Å². The molecule has 2 aromatic carbocycles. The average Bonchev–Trinajstić information content (AvgIpc) is 2.45. The van der Waals surface area contributed by atoms with Crippen molar-refractivity contribution in [3.63, 3.8) is 0 Å². The van der Waals surface area contributed by atoms with Gasteiger partial charge in [0, 0.05) is 27.8 Å². The first kappa shape index (κ1) is 15.7. The lowest BCUT2D eigenvalue weighted by atomic mass is 10.2. The van der Waals surface area contributed by atoms with Gasteiger partial charge in [0.15, 0.2) is 0 Å². The molecule has 1 heterocycles. The third-order valence-electron chi connectivity index (χ3n) is 3.80. The highest BCUT2D eigenvalue weighted by atomic mass is 35.5. The first-order valence-electron chi connectivity index (χ1n) is 7.58. The van der Waals surface area contributed by atoms with E-state index in [4.69, 9.17) is 11.6 Å². The van der Waals surface area contributed by atoms with Crippen LogP contribution >= 0.6 is 23.4 Å². The maximum Gasteiger partial charge on any atom is 0.0797 e. The van der Waals surface area contributed by atoms with Crippen LogP contribution in [0.3, 0.4) is 0 Å². The topological polar surface area (TPSA) is 3.24 Å². The standard InChI is InChI=1S/C18H22ClN2S/c1-21(2,3)12-6-11-20-15-7-4-5-8-17(15)22-18-13-14(19)9-10-16(18)20/h4-5,7-10,13H,6,11-12H2,1-3H3/q+1. The molecular weight excluding hydrogens is 312 g/mol. The zero-order chi connectivity index (χ0) is 15.7. The third kappa shape index (κ3) is 3.43. The number of benzene rings is 2. The number of nitrogens with zero attached hydrogens (tertiary/aromatic N) is 2. The Labute approximate surface area is 142 Å². The van der Waals surface area contributed by atoms with Crippen LogP contribution in [-0.2, 0) is 0 Å². The van der Waals surface area contributed by atoms with Crippen LogP contribution in [0.25, 0.3) is 0 Å². The van der Waals surface area contributed by atoms with Gasteiger partial charge in [0.2, 0.25) is 0 Å². The smallest absolute Gasteiger partial charge is 0.0797 e. The van der Waals surface area contributed by atoms with Crippen molar-refractivity contribution >= 4 is 34.7 Å². The van der Waals surface area contributed by atoms with E-state index in [1.54, 1.807) is 0 Å². The minimum Gasteiger partial charge on any atom is -0.339 e. The molecule has 4 heteroatoms. The lowest BCUT2D eigenvalue weighted by molar-refractivity contribution is -0.870. The maximum absolute atomic E-state index is 6.18. The van der Waals surface area contributed by atoms with Crippen molar-refractivity contribution in [2.75, 3.05) is 39.1 Å². The van der Waals surface area contributed by atoms with Crippen LogP contribution in [0.1, 0.15) is 6.42 Å². The van der Waals surface area contributed by atoms with Crippen molar-refractivity contribution in [2.45, 2.75) is 16.2 Å². The quantitative estimate of drug-likeness (QED) is 0.721. The van der Waals surface area contributed by atoms with Gasteiger partial charge in [0.25, 0.3) is 0 Å². The molecule has 2 nitrogen and oxygen atoms in total. The number of anilines is 2. The average molecular weight is 334 g/mol. The van der Waals surface area contributed by atoms with E-state index in [-0.39, 0.29) is 0 Å². The van der Waals surface area contributed by atoms with E-state index in [1.807, 2.05) is 17.8 Å². The highest BCUT2D eigenvalue weighted by Gasteiger charge is 2.23. The molecule has 0 spiro atoms. The molecular formula is C18H22ClN2S+. The van der Waals surface area contributed by atoms with Gasteiger partial charge in [0.1, 0.15) is 0 Å². The first-order valence-corrected chi connectivity index (χ1v) is 8.78. The number of hydrogen-bond donors (Lipinski definition) is 0. The first-order chi connectivity index (χ1) is 10.4. The van der Waals surface area contributed by atoms with Crippen molar-refractivity contribution in [3.05, 3.63) is 47.5 Å². The van der Waals surface area contributed by atoms with Crippen molar-refractivity contribution in [3.8, 4) is 0 Å². The molecule has 0 saturated heterocycles.